The number of nitriles is 1. The van der Waals surface area contributed by atoms with E-state index in [4.69, 9.17) is 14.7 Å². The molecule has 1 heterocycles. The van der Waals surface area contributed by atoms with Crippen molar-refractivity contribution >= 4 is 27.6 Å². The van der Waals surface area contributed by atoms with Gasteiger partial charge in [-0.15, -0.1) is 0 Å². The van der Waals surface area contributed by atoms with E-state index in [2.05, 4.69) is 5.32 Å². The Kier molecular flexibility index (Phi) is 7.19. The number of nitrogens with one attached hydrogen (secondary N) is 1. The highest BCUT2D eigenvalue weighted by atomic mass is 32.2. The van der Waals surface area contributed by atoms with E-state index in [0.717, 1.165) is 22.5 Å². The van der Waals surface area contributed by atoms with E-state index >= 15 is 0 Å². The Morgan fingerprint density at radius 2 is 1.84 bits per heavy atom. The zero-order valence-electron chi connectivity index (χ0n) is 17.1. The van der Waals surface area contributed by atoms with Gasteiger partial charge in [0.05, 0.1) is 30.4 Å². The molecule has 3 rings (SSSR count). The molecule has 1 fully saturated rings. The van der Waals surface area contributed by atoms with E-state index in [1.54, 1.807) is 0 Å². The number of sulfonamides is 1. The average molecular weight is 461 g/mol. The third-order valence-electron chi connectivity index (χ3n) is 4.69. The lowest BCUT2D eigenvalue weighted by atomic mass is 10.2. The number of ether oxygens (including phenoxy) is 2. The summed E-state index contributed by atoms with van der Waals surface area (Å²) in [7, 11) is -4.17. The van der Waals surface area contributed by atoms with Crippen molar-refractivity contribution in [1.82, 2.24) is 4.31 Å². The molecule has 1 aliphatic heterocycles. The van der Waals surface area contributed by atoms with Gasteiger partial charge in [0.25, 0.3) is 5.91 Å². The fourth-order valence-corrected chi connectivity index (χ4v) is 4.41. The molecule has 0 radical (unpaired) electrons. The van der Waals surface area contributed by atoms with Gasteiger partial charge in [-0.1, -0.05) is 0 Å². The van der Waals surface area contributed by atoms with Crippen LogP contribution < -0.4 is 5.32 Å². The Morgan fingerprint density at radius 3 is 2.47 bits per heavy atom. The summed E-state index contributed by atoms with van der Waals surface area (Å²) in [6.45, 7) is 1.86. The lowest BCUT2D eigenvalue weighted by Crippen LogP contribution is -2.41. The van der Waals surface area contributed by atoms with Gasteiger partial charge in [0.1, 0.15) is 10.7 Å². The zero-order valence-corrected chi connectivity index (χ0v) is 17.9. The Bertz CT molecular complexity index is 1160. The average Bonchev–Trinajstić information content (AvgIpc) is 2.80. The minimum absolute atomic E-state index is 0.0724. The minimum atomic E-state index is -4.17. The van der Waals surface area contributed by atoms with Crippen molar-refractivity contribution in [2.24, 2.45) is 0 Å². The fraction of sp³-hybridized carbons (Fsp3) is 0.286. The number of amides is 1. The number of benzene rings is 2. The molecule has 1 N–H and O–H groups in total. The van der Waals surface area contributed by atoms with Crippen molar-refractivity contribution in [3.8, 4) is 6.07 Å². The van der Waals surface area contributed by atoms with Crippen LogP contribution in [0.3, 0.4) is 0 Å². The van der Waals surface area contributed by atoms with Crippen LogP contribution in [-0.2, 0) is 24.3 Å². The maximum atomic E-state index is 14.3. The van der Waals surface area contributed by atoms with Crippen LogP contribution in [0, 0.1) is 17.1 Å². The van der Waals surface area contributed by atoms with E-state index in [1.165, 1.54) is 31.2 Å². The summed E-state index contributed by atoms with van der Waals surface area (Å²) in [5.74, 6) is -2.61. The molecule has 168 valence electrons. The Labute approximate surface area is 184 Å². The molecular weight excluding hydrogens is 441 g/mol. The number of halogens is 1. The molecule has 2 aromatic carbocycles. The van der Waals surface area contributed by atoms with E-state index in [-0.39, 0.29) is 31.9 Å². The standard InChI is InChI=1S/C21H20FN3O6S/c1-14(20(26)24-17-5-2-15(13-23)3-6-17)31-21(27)16-4-7-18(22)19(12-16)32(28,29)25-8-10-30-11-9-25/h2-7,12,14H,8-11H2,1H3,(H,24,26). The molecule has 1 amide bonds. The molecule has 2 aromatic rings. The van der Waals surface area contributed by atoms with E-state index in [0.29, 0.717) is 11.3 Å². The predicted octanol–water partition coefficient (Wildman–Crippen LogP) is 1.90. The van der Waals surface area contributed by atoms with Crippen LogP contribution in [0.15, 0.2) is 47.4 Å². The molecule has 1 aliphatic rings. The van der Waals surface area contributed by atoms with Crippen molar-refractivity contribution in [3.63, 3.8) is 0 Å². The molecule has 1 saturated heterocycles. The van der Waals surface area contributed by atoms with Gasteiger partial charge in [-0.25, -0.2) is 17.6 Å². The second-order valence-electron chi connectivity index (χ2n) is 6.89. The van der Waals surface area contributed by atoms with Crippen LogP contribution in [0.5, 0.6) is 0 Å². The van der Waals surface area contributed by atoms with Crippen LogP contribution in [0.4, 0.5) is 10.1 Å². The van der Waals surface area contributed by atoms with Gasteiger partial charge in [-0.05, 0) is 49.4 Å². The van der Waals surface area contributed by atoms with Gasteiger partial charge in [-0.3, -0.25) is 4.79 Å². The smallest absolute Gasteiger partial charge is 0.338 e. The van der Waals surface area contributed by atoms with E-state index in [1.807, 2.05) is 6.07 Å². The van der Waals surface area contributed by atoms with Gasteiger partial charge < -0.3 is 14.8 Å². The third kappa shape index (κ3) is 5.28. The molecule has 32 heavy (non-hydrogen) atoms. The number of nitrogens with zero attached hydrogens (tertiary/aromatic N) is 2. The number of esters is 1. The maximum absolute atomic E-state index is 14.3. The summed E-state index contributed by atoms with van der Waals surface area (Å²) >= 11 is 0. The number of carbonyl (C=O) groups is 2. The molecule has 1 unspecified atom stereocenters. The quantitative estimate of drug-likeness (QED) is 0.651. The van der Waals surface area contributed by atoms with Crippen LogP contribution >= 0.6 is 0 Å². The predicted molar refractivity (Wildman–Crippen MR) is 111 cm³/mol. The van der Waals surface area contributed by atoms with E-state index < -0.39 is 38.7 Å². The summed E-state index contributed by atoms with van der Waals surface area (Å²) in [6.07, 6.45) is -1.22. The van der Waals surface area contributed by atoms with Crippen molar-refractivity contribution in [2.45, 2.75) is 17.9 Å². The lowest BCUT2D eigenvalue weighted by Gasteiger charge is -2.26. The number of carbonyl (C=O) groups excluding carboxylic acids is 2. The SMILES string of the molecule is CC(OC(=O)c1ccc(F)c(S(=O)(=O)N2CCOCC2)c1)C(=O)Nc1ccc(C#N)cc1. The normalized spacial score (nSPS) is 15.4. The lowest BCUT2D eigenvalue weighted by molar-refractivity contribution is -0.123. The minimum Gasteiger partial charge on any atom is -0.449 e. The summed E-state index contributed by atoms with van der Waals surface area (Å²) in [5.41, 5.74) is 0.607. The molecule has 9 nitrogen and oxygen atoms in total. The Morgan fingerprint density at radius 1 is 1.19 bits per heavy atom. The first-order chi connectivity index (χ1) is 15.2. The molecule has 0 saturated carbocycles. The number of hydrogen-bond donors (Lipinski definition) is 1. The zero-order chi connectivity index (χ0) is 23.3. The van der Waals surface area contributed by atoms with Gasteiger partial charge in [0, 0.05) is 18.8 Å². The number of rotatable bonds is 6. The summed E-state index contributed by atoms with van der Waals surface area (Å²) in [5, 5.41) is 11.3. The topological polar surface area (TPSA) is 126 Å². The molecule has 1 atom stereocenters. The van der Waals surface area contributed by atoms with Gasteiger partial charge in [0.15, 0.2) is 6.10 Å². The molecule has 0 spiro atoms. The van der Waals surface area contributed by atoms with Crippen LogP contribution in [0.1, 0.15) is 22.8 Å². The van der Waals surface area contributed by atoms with Crippen LogP contribution in [0.25, 0.3) is 0 Å². The molecule has 11 heteroatoms. The first-order valence-corrected chi connectivity index (χ1v) is 11.1. The summed E-state index contributed by atoms with van der Waals surface area (Å²) < 4.78 is 51.1. The molecule has 0 bridgehead atoms. The van der Waals surface area contributed by atoms with Gasteiger partial charge >= 0.3 is 5.97 Å². The maximum Gasteiger partial charge on any atom is 0.338 e. The Hall–Kier alpha value is -3.33. The second-order valence-corrected chi connectivity index (χ2v) is 8.79. The van der Waals surface area contributed by atoms with Gasteiger partial charge in [0.2, 0.25) is 10.0 Å². The van der Waals surface area contributed by atoms with Crippen LogP contribution in [0.2, 0.25) is 0 Å². The van der Waals surface area contributed by atoms with Gasteiger partial charge in [-0.2, -0.15) is 9.57 Å². The first-order valence-electron chi connectivity index (χ1n) is 9.62. The molecule has 0 aliphatic carbocycles. The van der Waals surface area contributed by atoms with Crippen molar-refractivity contribution in [2.75, 3.05) is 31.6 Å². The number of morpholine rings is 1. The summed E-state index contributed by atoms with van der Waals surface area (Å²) in [6, 6.07) is 10.9. The molecular formula is C21H20FN3O6S. The summed E-state index contributed by atoms with van der Waals surface area (Å²) in [4.78, 5) is 24.1. The highest BCUT2D eigenvalue weighted by Gasteiger charge is 2.30. The first kappa shape index (κ1) is 23.3. The number of anilines is 1. The second kappa shape index (κ2) is 9.86. The van der Waals surface area contributed by atoms with Crippen molar-refractivity contribution in [3.05, 3.63) is 59.4 Å². The van der Waals surface area contributed by atoms with Crippen molar-refractivity contribution in [1.29, 1.82) is 5.26 Å². The highest BCUT2D eigenvalue weighted by molar-refractivity contribution is 7.89. The highest BCUT2D eigenvalue weighted by Crippen LogP contribution is 2.22. The monoisotopic (exact) mass is 461 g/mol. The van der Waals surface area contributed by atoms with Crippen molar-refractivity contribution < 1.29 is 31.9 Å². The number of hydrogen-bond acceptors (Lipinski definition) is 7. The third-order valence-corrected chi connectivity index (χ3v) is 6.60. The Balaban J connectivity index is 1.71. The van der Waals surface area contributed by atoms with E-state index in [9.17, 15) is 22.4 Å². The molecule has 0 aromatic heterocycles. The fourth-order valence-electron chi connectivity index (χ4n) is 2.91. The van der Waals surface area contributed by atoms with Crippen LogP contribution in [-0.4, -0.2) is 57.0 Å². The largest absolute Gasteiger partial charge is 0.449 e.